The monoisotopic (exact) mass is 886 g/mol. The molecule has 2 aromatic rings. The highest BCUT2D eigenvalue weighted by Crippen LogP contribution is 2.31. The number of benzene rings is 1. The predicted octanol–water partition coefficient (Wildman–Crippen LogP) is -0.497. The summed E-state index contributed by atoms with van der Waals surface area (Å²) in [5, 5.41) is 40.5. The van der Waals surface area contributed by atoms with Crippen molar-refractivity contribution < 1.29 is 57.6 Å². The number of rotatable bonds is 17. The Bertz CT molecular complexity index is 1950. The third-order valence-corrected chi connectivity index (χ3v) is 11.3. The van der Waals surface area contributed by atoms with Gasteiger partial charge >= 0.3 is 17.9 Å². The normalized spacial score (nSPS) is 20.0. The van der Waals surface area contributed by atoms with E-state index in [1.165, 1.54) is 12.3 Å². The molecule has 20 nitrogen and oxygen atoms in total. The smallest absolute Gasteiger partial charge is 0.317 e. The first-order chi connectivity index (χ1) is 30.1. The van der Waals surface area contributed by atoms with Gasteiger partial charge in [-0.05, 0) is 43.7 Å². The molecule has 1 aromatic carbocycles. The molecule has 1 aromatic heterocycles. The number of unbranched alkanes of at least 4 members (excludes halogenated alkanes) is 1. The molecule has 344 valence electrons. The third-order valence-electron chi connectivity index (χ3n) is 11.3. The molecule has 0 spiro atoms. The van der Waals surface area contributed by atoms with E-state index in [0.29, 0.717) is 88.7 Å². The zero-order chi connectivity index (χ0) is 45.5. The molecule has 1 atom stereocenters. The van der Waals surface area contributed by atoms with Crippen molar-refractivity contribution in [3.8, 4) is 11.8 Å². The van der Waals surface area contributed by atoms with Gasteiger partial charge in [-0.1, -0.05) is 0 Å². The number of halogens is 2. The number of aliphatic carboxylic acids is 3. The summed E-state index contributed by atoms with van der Waals surface area (Å²) in [5.41, 5.74) is 0.730. The highest BCUT2D eigenvalue weighted by molar-refractivity contribution is 6.07. The number of carboxylic acid groups (broad SMARTS) is 3. The second-order valence-corrected chi connectivity index (χ2v) is 16.0. The number of piperazine rings is 1. The van der Waals surface area contributed by atoms with Crippen LogP contribution in [-0.2, 0) is 24.0 Å². The van der Waals surface area contributed by atoms with Gasteiger partial charge in [0, 0.05) is 96.5 Å². The van der Waals surface area contributed by atoms with E-state index in [4.69, 9.17) is 4.74 Å². The lowest BCUT2D eigenvalue weighted by atomic mass is 10.1. The number of carbonyl (C=O) groups excluding carboxylic acids is 3. The number of hydrogen-bond acceptors (Lipinski definition) is 14. The first-order valence-electron chi connectivity index (χ1n) is 21.0. The lowest BCUT2D eigenvalue weighted by Gasteiger charge is -2.37. The number of ether oxygens (including phenoxy) is 1. The number of alkyl halides is 2. The van der Waals surface area contributed by atoms with Crippen molar-refractivity contribution >= 4 is 46.5 Å². The Morgan fingerprint density at radius 1 is 0.746 bits per heavy atom. The Labute approximate surface area is 363 Å². The van der Waals surface area contributed by atoms with Gasteiger partial charge in [-0.2, -0.15) is 5.26 Å². The molecular formula is C41H56F2N10O10. The third kappa shape index (κ3) is 15.3. The lowest BCUT2D eigenvalue weighted by Crippen LogP contribution is -2.53. The van der Waals surface area contributed by atoms with Gasteiger partial charge in [-0.3, -0.25) is 58.3 Å². The first-order valence-corrected chi connectivity index (χ1v) is 21.0. The molecular weight excluding hydrogens is 831 g/mol. The SMILES string of the molecule is N#C[C@@H]1CC(F)(F)CN1C(=O)CNC(=O)c1ccnc2ccc(OCCCCN3CCN(C(=O)CN4CCN(CC(=O)O)CCN(CC(=O)O)CCN(CC(=O)O)CC4)CC3)cc12. The number of nitrogens with zero attached hydrogens (tertiary/aromatic N) is 9. The average molecular weight is 887 g/mol. The summed E-state index contributed by atoms with van der Waals surface area (Å²) in [4.78, 5) is 90.1. The second kappa shape index (κ2) is 23.2. The Morgan fingerprint density at radius 3 is 1.83 bits per heavy atom. The summed E-state index contributed by atoms with van der Waals surface area (Å²) < 4.78 is 33.6. The summed E-state index contributed by atoms with van der Waals surface area (Å²) in [6.07, 6.45) is 2.25. The van der Waals surface area contributed by atoms with Crippen LogP contribution in [0.3, 0.4) is 0 Å². The van der Waals surface area contributed by atoms with E-state index in [2.05, 4.69) is 15.2 Å². The summed E-state index contributed by atoms with van der Waals surface area (Å²) >= 11 is 0. The standard InChI is InChI=1S/C41H56F2N10O10/c42-41(43)22-30(23-44)53(29-41)35(54)24-46-40(62)32-5-6-45-34-4-3-31(21-33(32)34)63-20-2-1-7-47-16-18-52(19-17-47)36(55)25-48-8-10-49(26-37(56)57)12-14-51(28-39(60)61)15-13-50(11-9-48)27-38(58)59/h3-6,21,30H,1-2,7-20,22,24-29H2,(H,46,62)(H,56,57)(H,58,59)(H,60,61)/t30-/m0/s1. The summed E-state index contributed by atoms with van der Waals surface area (Å²) in [5.74, 6) is -7.17. The Balaban J connectivity index is 1.05. The number of hydrogen-bond donors (Lipinski definition) is 4. The van der Waals surface area contributed by atoms with Crippen molar-refractivity contribution in [1.82, 2.24) is 44.6 Å². The molecule has 3 amide bonds. The maximum absolute atomic E-state index is 13.8. The summed E-state index contributed by atoms with van der Waals surface area (Å²) in [7, 11) is 0. The van der Waals surface area contributed by atoms with Gasteiger partial charge in [-0.15, -0.1) is 0 Å². The van der Waals surface area contributed by atoms with E-state index in [-0.39, 0.29) is 50.7 Å². The number of fused-ring (bicyclic) bond motifs is 1. The molecule has 22 heteroatoms. The predicted molar refractivity (Wildman–Crippen MR) is 221 cm³/mol. The molecule has 3 fully saturated rings. The molecule has 0 bridgehead atoms. The molecule has 5 rings (SSSR count). The number of likely N-dealkylation sites (tertiary alicyclic amines) is 1. The molecule has 3 aliphatic rings. The molecule has 0 aliphatic carbocycles. The van der Waals surface area contributed by atoms with E-state index in [1.54, 1.807) is 39.0 Å². The van der Waals surface area contributed by atoms with E-state index in [0.717, 1.165) is 24.3 Å². The minimum Gasteiger partial charge on any atom is -0.494 e. The molecule has 4 N–H and O–H groups in total. The van der Waals surface area contributed by atoms with Crippen LogP contribution in [0.5, 0.6) is 5.75 Å². The van der Waals surface area contributed by atoms with Crippen LogP contribution in [0.1, 0.15) is 29.6 Å². The number of aromatic nitrogens is 1. The number of amides is 3. The fourth-order valence-electron chi connectivity index (χ4n) is 7.88. The summed E-state index contributed by atoms with van der Waals surface area (Å²) in [6.45, 7) is 4.10. The average Bonchev–Trinajstić information content (AvgIpc) is 3.57. The zero-order valence-electron chi connectivity index (χ0n) is 35.2. The van der Waals surface area contributed by atoms with Gasteiger partial charge in [0.2, 0.25) is 11.8 Å². The van der Waals surface area contributed by atoms with Crippen LogP contribution in [0.25, 0.3) is 10.9 Å². The van der Waals surface area contributed by atoms with Gasteiger partial charge in [-0.25, -0.2) is 8.78 Å². The number of pyridine rings is 1. The fourth-order valence-corrected chi connectivity index (χ4v) is 7.88. The van der Waals surface area contributed by atoms with Crippen molar-refractivity contribution in [2.24, 2.45) is 0 Å². The molecule has 3 aliphatic heterocycles. The van der Waals surface area contributed by atoms with Crippen LogP contribution >= 0.6 is 0 Å². The van der Waals surface area contributed by atoms with Crippen LogP contribution < -0.4 is 10.1 Å². The quantitative estimate of drug-likeness (QED) is 0.146. The van der Waals surface area contributed by atoms with Crippen LogP contribution in [0.2, 0.25) is 0 Å². The molecule has 0 radical (unpaired) electrons. The molecule has 0 unspecified atom stereocenters. The van der Waals surface area contributed by atoms with Gasteiger partial charge in [0.15, 0.2) is 0 Å². The number of carboxylic acids is 3. The van der Waals surface area contributed by atoms with E-state index in [9.17, 15) is 58.1 Å². The number of carbonyl (C=O) groups is 6. The van der Waals surface area contributed by atoms with Crippen LogP contribution in [0.4, 0.5) is 8.78 Å². The maximum Gasteiger partial charge on any atom is 0.317 e. The van der Waals surface area contributed by atoms with Gasteiger partial charge in [0.25, 0.3) is 11.8 Å². The second-order valence-electron chi connectivity index (χ2n) is 16.0. The largest absolute Gasteiger partial charge is 0.494 e. The van der Waals surface area contributed by atoms with Crippen molar-refractivity contribution in [3.05, 3.63) is 36.0 Å². The highest BCUT2D eigenvalue weighted by Gasteiger charge is 2.47. The molecule has 63 heavy (non-hydrogen) atoms. The molecule has 4 heterocycles. The van der Waals surface area contributed by atoms with Gasteiger partial charge in [0.05, 0.1) is 63.0 Å². The number of nitrogens with one attached hydrogen (secondary N) is 1. The van der Waals surface area contributed by atoms with E-state index >= 15 is 0 Å². The zero-order valence-corrected chi connectivity index (χ0v) is 35.2. The van der Waals surface area contributed by atoms with Gasteiger partial charge in [0.1, 0.15) is 11.8 Å². The van der Waals surface area contributed by atoms with E-state index in [1.807, 2.05) is 9.80 Å². The van der Waals surface area contributed by atoms with Crippen LogP contribution in [0.15, 0.2) is 30.5 Å². The fraction of sp³-hybridized carbons (Fsp3) is 0.610. The molecule has 3 saturated heterocycles. The number of nitriles is 1. The Kier molecular flexibility index (Phi) is 17.8. The first kappa shape index (κ1) is 48.4. The van der Waals surface area contributed by atoms with Crippen molar-refractivity contribution in [3.63, 3.8) is 0 Å². The van der Waals surface area contributed by atoms with Gasteiger partial charge < -0.3 is 35.2 Å². The molecule has 0 saturated carbocycles. The lowest BCUT2D eigenvalue weighted by molar-refractivity contribution is -0.141. The van der Waals surface area contributed by atoms with Crippen molar-refractivity contribution in [2.75, 3.05) is 131 Å². The Hall–Kier alpha value is -5.60. The van der Waals surface area contributed by atoms with Crippen molar-refractivity contribution in [1.29, 1.82) is 5.26 Å². The van der Waals surface area contributed by atoms with Crippen molar-refractivity contribution in [2.45, 2.75) is 31.2 Å². The maximum atomic E-state index is 13.8. The highest BCUT2D eigenvalue weighted by atomic mass is 19.3. The van der Waals surface area contributed by atoms with Crippen LogP contribution in [-0.4, -0.2) is 233 Å². The van der Waals surface area contributed by atoms with Crippen LogP contribution in [0, 0.1) is 11.3 Å². The minimum atomic E-state index is -3.17. The Morgan fingerprint density at radius 2 is 1.29 bits per heavy atom. The minimum absolute atomic E-state index is 0.0692. The summed E-state index contributed by atoms with van der Waals surface area (Å²) in [6, 6.07) is 7.06. The topological polar surface area (TPSA) is 244 Å². The van der Waals surface area contributed by atoms with E-state index < -0.39 is 61.2 Å².